The Balaban J connectivity index is 1.63. The molecule has 1 aliphatic carbocycles. The Morgan fingerprint density at radius 3 is 2.60 bits per heavy atom. The van der Waals surface area contributed by atoms with E-state index in [0.717, 1.165) is 30.6 Å². The molecule has 110 valence electrons. The highest BCUT2D eigenvalue weighted by atomic mass is 16.6. The van der Waals surface area contributed by atoms with Crippen molar-refractivity contribution in [1.82, 2.24) is 5.32 Å². The van der Waals surface area contributed by atoms with E-state index in [9.17, 15) is 10.2 Å². The number of rotatable bonds is 5. The van der Waals surface area contributed by atoms with E-state index < -0.39 is 6.10 Å². The van der Waals surface area contributed by atoms with Gasteiger partial charge >= 0.3 is 0 Å². The molecule has 5 heteroatoms. The van der Waals surface area contributed by atoms with Crippen molar-refractivity contribution in [2.24, 2.45) is 0 Å². The summed E-state index contributed by atoms with van der Waals surface area (Å²) in [5.41, 5.74) is 0.614. The first-order valence-corrected chi connectivity index (χ1v) is 7.16. The van der Waals surface area contributed by atoms with Crippen LogP contribution in [0.5, 0.6) is 11.5 Å². The minimum Gasteiger partial charge on any atom is -0.486 e. The van der Waals surface area contributed by atoms with Gasteiger partial charge in [0.2, 0.25) is 0 Å². The largest absolute Gasteiger partial charge is 0.486 e. The summed E-state index contributed by atoms with van der Waals surface area (Å²) in [4.78, 5) is 0. The van der Waals surface area contributed by atoms with Gasteiger partial charge in [-0.3, -0.25) is 0 Å². The molecule has 5 nitrogen and oxygen atoms in total. The summed E-state index contributed by atoms with van der Waals surface area (Å²) < 4.78 is 11.0. The number of ether oxygens (including phenoxy) is 2. The Labute approximate surface area is 118 Å². The minimum atomic E-state index is -0.616. The van der Waals surface area contributed by atoms with Crippen molar-refractivity contribution >= 4 is 0 Å². The van der Waals surface area contributed by atoms with E-state index in [0.29, 0.717) is 25.5 Å². The maximum atomic E-state index is 10.3. The molecule has 0 bridgehead atoms. The van der Waals surface area contributed by atoms with Gasteiger partial charge in [0.25, 0.3) is 0 Å². The second-order valence-corrected chi connectivity index (χ2v) is 5.59. The number of benzene rings is 1. The summed E-state index contributed by atoms with van der Waals surface area (Å²) in [6.07, 6.45) is 2.46. The number of hydrogen-bond donors (Lipinski definition) is 3. The van der Waals surface area contributed by atoms with Crippen molar-refractivity contribution in [3.8, 4) is 11.5 Å². The molecule has 0 aromatic heterocycles. The molecule has 1 fully saturated rings. The van der Waals surface area contributed by atoms with Crippen LogP contribution in [0.2, 0.25) is 0 Å². The zero-order valence-corrected chi connectivity index (χ0v) is 11.5. The third-order valence-corrected chi connectivity index (χ3v) is 4.23. The van der Waals surface area contributed by atoms with Crippen LogP contribution in [0, 0.1) is 0 Å². The topological polar surface area (TPSA) is 71.0 Å². The molecule has 1 atom stereocenters. The summed E-state index contributed by atoms with van der Waals surface area (Å²) >= 11 is 0. The van der Waals surface area contributed by atoms with Gasteiger partial charge in [0.1, 0.15) is 13.2 Å². The van der Waals surface area contributed by atoms with Gasteiger partial charge in [-0.05, 0) is 37.0 Å². The SMILES string of the molecule is OCC1(NCC(O)c2ccc3c(c2)OCCO3)CCC1. The lowest BCUT2D eigenvalue weighted by Gasteiger charge is -2.41. The predicted molar refractivity (Wildman–Crippen MR) is 74.1 cm³/mol. The molecule has 0 radical (unpaired) electrons. The normalized spacial score (nSPS) is 21.1. The van der Waals surface area contributed by atoms with Crippen LogP contribution < -0.4 is 14.8 Å². The van der Waals surface area contributed by atoms with Crippen LogP contribution in [0.4, 0.5) is 0 Å². The van der Waals surface area contributed by atoms with Gasteiger partial charge < -0.3 is 25.0 Å². The fraction of sp³-hybridized carbons (Fsp3) is 0.600. The van der Waals surface area contributed by atoms with Gasteiger partial charge in [0.15, 0.2) is 11.5 Å². The number of β-amino-alcohol motifs (C(OH)–C–C–N with tert-alkyl or cyclic N) is 1. The van der Waals surface area contributed by atoms with Gasteiger partial charge in [-0.1, -0.05) is 6.07 Å². The molecule has 1 aromatic carbocycles. The lowest BCUT2D eigenvalue weighted by Crippen LogP contribution is -2.54. The number of nitrogens with one attached hydrogen (secondary N) is 1. The number of aliphatic hydroxyl groups is 2. The van der Waals surface area contributed by atoms with Gasteiger partial charge in [-0.25, -0.2) is 0 Å². The van der Waals surface area contributed by atoms with E-state index in [4.69, 9.17) is 9.47 Å². The third-order valence-electron chi connectivity index (χ3n) is 4.23. The van der Waals surface area contributed by atoms with Crippen molar-refractivity contribution in [2.75, 3.05) is 26.4 Å². The average molecular weight is 279 g/mol. The first-order chi connectivity index (χ1) is 9.72. The van der Waals surface area contributed by atoms with Crippen LogP contribution in [0.3, 0.4) is 0 Å². The van der Waals surface area contributed by atoms with Crippen LogP contribution in [0.15, 0.2) is 18.2 Å². The Hall–Kier alpha value is -1.30. The summed E-state index contributed by atoms with van der Waals surface area (Å²) in [5, 5.41) is 22.9. The summed E-state index contributed by atoms with van der Waals surface area (Å²) in [5.74, 6) is 1.42. The van der Waals surface area contributed by atoms with Crippen LogP contribution in [-0.2, 0) is 0 Å². The lowest BCUT2D eigenvalue weighted by atomic mass is 9.77. The zero-order valence-electron chi connectivity index (χ0n) is 11.5. The highest BCUT2D eigenvalue weighted by molar-refractivity contribution is 5.44. The van der Waals surface area contributed by atoms with E-state index in [2.05, 4.69) is 5.32 Å². The lowest BCUT2D eigenvalue weighted by molar-refractivity contribution is 0.0685. The molecule has 0 spiro atoms. The van der Waals surface area contributed by atoms with Crippen LogP contribution in [-0.4, -0.2) is 42.1 Å². The molecule has 1 heterocycles. The average Bonchev–Trinajstić information content (AvgIpc) is 2.46. The maximum Gasteiger partial charge on any atom is 0.161 e. The fourth-order valence-corrected chi connectivity index (χ4v) is 2.69. The zero-order chi connectivity index (χ0) is 14.0. The number of hydrogen-bond acceptors (Lipinski definition) is 5. The molecule has 3 N–H and O–H groups in total. The van der Waals surface area contributed by atoms with Crippen molar-refractivity contribution in [2.45, 2.75) is 30.9 Å². The van der Waals surface area contributed by atoms with Crippen molar-refractivity contribution in [3.05, 3.63) is 23.8 Å². The van der Waals surface area contributed by atoms with Crippen molar-refractivity contribution in [3.63, 3.8) is 0 Å². The molecular weight excluding hydrogens is 258 g/mol. The van der Waals surface area contributed by atoms with E-state index in [1.54, 1.807) is 0 Å². The number of aliphatic hydroxyl groups excluding tert-OH is 2. The van der Waals surface area contributed by atoms with Crippen molar-refractivity contribution < 1.29 is 19.7 Å². The Kier molecular flexibility index (Phi) is 3.83. The molecule has 0 saturated heterocycles. The van der Waals surface area contributed by atoms with E-state index in [-0.39, 0.29) is 12.1 Å². The molecule has 3 rings (SSSR count). The van der Waals surface area contributed by atoms with Gasteiger partial charge in [-0.2, -0.15) is 0 Å². The number of fused-ring (bicyclic) bond motifs is 1. The van der Waals surface area contributed by atoms with Crippen molar-refractivity contribution in [1.29, 1.82) is 0 Å². The second kappa shape index (κ2) is 5.60. The quantitative estimate of drug-likeness (QED) is 0.750. The Morgan fingerprint density at radius 2 is 1.95 bits per heavy atom. The van der Waals surface area contributed by atoms with Gasteiger partial charge in [0.05, 0.1) is 12.7 Å². The van der Waals surface area contributed by atoms with E-state index in [1.165, 1.54) is 0 Å². The fourth-order valence-electron chi connectivity index (χ4n) is 2.69. The summed E-state index contributed by atoms with van der Waals surface area (Å²) in [6.45, 7) is 1.66. The van der Waals surface area contributed by atoms with E-state index in [1.807, 2.05) is 18.2 Å². The molecular formula is C15H21NO4. The smallest absolute Gasteiger partial charge is 0.161 e. The maximum absolute atomic E-state index is 10.3. The molecule has 0 amide bonds. The molecule has 1 saturated carbocycles. The minimum absolute atomic E-state index is 0.126. The highest BCUT2D eigenvalue weighted by Crippen LogP contribution is 2.34. The molecule has 1 aromatic rings. The first kappa shape index (κ1) is 13.7. The molecule has 20 heavy (non-hydrogen) atoms. The Bertz CT molecular complexity index is 467. The standard InChI is InChI=1S/C15H21NO4/c17-10-15(4-1-5-15)16-9-12(18)11-2-3-13-14(8-11)20-7-6-19-13/h2-3,8,12,16-18H,1,4-7,9-10H2. The second-order valence-electron chi connectivity index (χ2n) is 5.59. The van der Waals surface area contributed by atoms with Crippen LogP contribution >= 0.6 is 0 Å². The summed E-state index contributed by atoms with van der Waals surface area (Å²) in [7, 11) is 0. The monoisotopic (exact) mass is 279 g/mol. The highest BCUT2D eigenvalue weighted by Gasteiger charge is 2.36. The molecule has 1 unspecified atom stereocenters. The third kappa shape index (κ3) is 2.61. The Morgan fingerprint density at radius 1 is 1.20 bits per heavy atom. The van der Waals surface area contributed by atoms with Crippen LogP contribution in [0.25, 0.3) is 0 Å². The van der Waals surface area contributed by atoms with Gasteiger partial charge in [0, 0.05) is 12.1 Å². The molecule has 1 aliphatic heterocycles. The first-order valence-electron chi connectivity index (χ1n) is 7.16. The predicted octanol–water partition coefficient (Wildman–Crippen LogP) is 0.996. The molecule has 2 aliphatic rings. The summed E-state index contributed by atoms with van der Waals surface area (Å²) in [6, 6.07) is 5.51. The van der Waals surface area contributed by atoms with E-state index >= 15 is 0 Å². The van der Waals surface area contributed by atoms with Crippen LogP contribution in [0.1, 0.15) is 30.9 Å². The van der Waals surface area contributed by atoms with Gasteiger partial charge in [-0.15, -0.1) is 0 Å².